The Morgan fingerprint density at radius 1 is 1.32 bits per heavy atom. The van der Waals surface area contributed by atoms with Gasteiger partial charge in [0.25, 0.3) is 0 Å². The minimum Gasteiger partial charge on any atom is -0.392 e. The van der Waals surface area contributed by atoms with Crippen molar-refractivity contribution in [1.82, 2.24) is 20.0 Å². The van der Waals surface area contributed by atoms with Crippen LogP contribution in [0.15, 0.2) is 24.4 Å². The van der Waals surface area contributed by atoms with Crippen LogP contribution in [0.1, 0.15) is 38.3 Å². The van der Waals surface area contributed by atoms with E-state index in [2.05, 4.69) is 27.5 Å². The van der Waals surface area contributed by atoms with Gasteiger partial charge in [0.05, 0.1) is 11.8 Å². The van der Waals surface area contributed by atoms with E-state index in [0.29, 0.717) is 12.4 Å². The van der Waals surface area contributed by atoms with Crippen molar-refractivity contribution in [3.63, 3.8) is 0 Å². The Morgan fingerprint density at radius 3 is 2.82 bits per heavy atom. The minimum atomic E-state index is -0.243. The predicted octanol–water partition coefficient (Wildman–Crippen LogP) is 2.32. The molecule has 0 aliphatic heterocycles. The van der Waals surface area contributed by atoms with Gasteiger partial charge in [-0.15, -0.1) is 10.2 Å². The summed E-state index contributed by atoms with van der Waals surface area (Å²) in [5.41, 5.74) is 0.862. The van der Waals surface area contributed by atoms with Crippen molar-refractivity contribution < 1.29 is 5.11 Å². The molecule has 22 heavy (non-hydrogen) atoms. The molecule has 1 aliphatic carbocycles. The molecular weight excluding hydrogens is 278 g/mol. The fourth-order valence-corrected chi connectivity index (χ4v) is 2.96. The first-order valence-electron chi connectivity index (χ1n) is 7.85. The molecule has 2 N–H and O–H groups in total. The molecule has 6 nitrogen and oxygen atoms in total. The van der Waals surface area contributed by atoms with Crippen molar-refractivity contribution in [3.8, 4) is 5.82 Å². The summed E-state index contributed by atoms with van der Waals surface area (Å²) in [4.78, 5) is 0. The molecule has 0 bridgehead atoms. The molecule has 0 saturated heterocycles. The molecule has 2 atom stereocenters. The molecule has 1 aliphatic rings. The van der Waals surface area contributed by atoms with Crippen molar-refractivity contribution in [2.45, 2.75) is 45.6 Å². The summed E-state index contributed by atoms with van der Waals surface area (Å²) in [5, 5.41) is 26.2. The van der Waals surface area contributed by atoms with E-state index in [9.17, 15) is 5.11 Å². The first kappa shape index (κ1) is 15.0. The van der Waals surface area contributed by atoms with Gasteiger partial charge >= 0.3 is 0 Å². The monoisotopic (exact) mass is 301 g/mol. The van der Waals surface area contributed by atoms with Crippen LogP contribution in [0.25, 0.3) is 5.82 Å². The van der Waals surface area contributed by atoms with Crippen molar-refractivity contribution in [2.24, 2.45) is 5.41 Å². The maximum atomic E-state index is 10.2. The number of hydrogen-bond donors (Lipinski definition) is 2. The highest BCUT2D eigenvalue weighted by Crippen LogP contribution is 2.36. The SMILES string of the molecule is Cc1ccn(-c2ccc(NCC3(C)CCCCC3O)nn2)n1. The topological polar surface area (TPSA) is 75.9 Å². The van der Waals surface area contributed by atoms with Gasteiger partial charge < -0.3 is 10.4 Å². The summed E-state index contributed by atoms with van der Waals surface area (Å²) in [6, 6.07) is 5.72. The summed E-state index contributed by atoms with van der Waals surface area (Å²) in [6.45, 7) is 4.79. The molecule has 2 aromatic heterocycles. The van der Waals surface area contributed by atoms with E-state index in [0.717, 1.165) is 30.8 Å². The lowest BCUT2D eigenvalue weighted by molar-refractivity contribution is 0.00957. The standard InChI is InChI=1S/C16H23N5O/c1-12-8-10-21(20-12)15-7-6-14(18-19-15)17-11-16(2)9-4-3-5-13(16)22/h6-8,10,13,22H,3-5,9,11H2,1-2H3,(H,17,18). The molecule has 0 spiro atoms. The van der Waals surface area contributed by atoms with Crippen molar-refractivity contribution in [3.05, 3.63) is 30.1 Å². The number of rotatable bonds is 4. The van der Waals surface area contributed by atoms with Crippen LogP contribution in [0.5, 0.6) is 0 Å². The summed E-state index contributed by atoms with van der Waals surface area (Å²) in [7, 11) is 0. The van der Waals surface area contributed by atoms with Gasteiger partial charge in [-0.05, 0) is 38.0 Å². The van der Waals surface area contributed by atoms with Gasteiger partial charge in [0.2, 0.25) is 0 Å². The van der Waals surface area contributed by atoms with Crippen LogP contribution in [0.2, 0.25) is 0 Å². The predicted molar refractivity (Wildman–Crippen MR) is 85.0 cm³/mol. The van der Waals surface area contributed by atoms with Crippen LogP contribution in [-0.2, 0) is 0 Å². The lowest BCUT2D eigenvalue weighted by atomic mass is 9.73. The molecule has 0 amide bonds. The van der Waals surface area contributed by atoms with E-state index < -0.39 is 0 Å². The van der Waals surface area contributed by atoms with Crippen molar-refractivity contribution in [1.29, 1.82) is 0 Å². The molecule has 1 fully saturated rings. The molecule has 1 saturated carbocycles. The number of nitrogens with one attached hydrogen (secondary N) is 1. The van der Waals surface area contributed by atoms with Gasteiger partial charge in [-0.25, -0.2) is 4.68 Å². The second-order valence-corrected chi connectivity index (χ2v) is 6.45. The Bertz CT molecular complexity index is 624. The highest BCUT2D eigenvalue weighted by Gasteiger charge is 2.35. The maximum absolute atomic E-state index is 10.2. The molecule has 2 heterocycles. The second kappa shape index (κ2) is 6.04. The Hall–Kier alpha value is -1.95. The normalized spacial score (nSPS) is 25.1. The number of nitrogens with zero attached hydrogens (tertiary/aromatic N) is 4. The highest BCUT2D eigenvalue weighted by molar-refractivity contribution is 5.36. The zero-order valence-corrected chi connectivity index (χ0v) is 13.2. The Kier molecular flexibility index (Phi) is 4.11. The van der Waals surface area contributed by atoms with E-state index >= 15 is 0 Å². The third-order valence-corrected chi connectivity index (χ3v) is 4.56. The van der Waals surface area contributed by atoms with Gasteiger partial charge in [0.1, 0.15) is 5.82 Å². The lowest BCUT2D eigenvalue weighted by Crippen LogP contribution is -2.41. The largest absolute Gasteiger partial charge is 0.392 e. The van der Waals surface area contributed by atoms with Crippen LogP contribution >= 0.6 is 0 Å². The van der Waals surface area contributed by atoms with Crippen LogP contribution in [0.4, 0.5) is 5.82 Å². The molecule has 2 aromatic rings. The average molecular weight is 301 g/mol. The zero-order valence-electron chi connectivity index (χ0n) is 13.2. The summed E-state index contributed by atoms with van der Waals surface area (Å²) >= 11 is 0. The smallest absolute Gasteiger partial charge is 0.175 e. The van der Waals surface area contributed by atoms with Gasteiger partial charge in [-0.1, -0.05) is 19.8 Å². The second-order valence-electron chi connectivity index (χ2n) is 6.45. The number of aryl methyl sites for hydroxylation is 1. The van der Waals surface area contributed by atoms with E-state index in [1.54, 1.807) is 4.68 Å². The Labute approximate surface area is 130 Å². The van der Waals surface area contributed by atoms with Crippen molar-refractivity contribution in [2.75, 3.05) is 11.9 Å². The highest BCUT2D eigenvalue weighted by atomic mass is 16.3. The number of hydrogen-bond acceptors (Lipinski definition) is 5. The van der Waals surface area contributed by atoms with E-state index in [4.69, 9.17) is 0 Å². The van der Waals surface area contributed by atoms with Crippen LogP contribution in [0.3, 0.4) is 0 Å². The number of aliphatic hydroxyl groups excluding tert-OH is 1. The summed E-state index contributed by atoms with van der Waals surface area (Å²) < 4.78 is 1.71. The molecule has 0 radical (unpaired) electrons. The summed E-state index contributed by atoms with van der Waals surface area (Å²) in [5.74, 6) is 1.43. The van der Waals surface area contributed by atoms with Gasteiger partial charge in [-0.3, -0.25) is 0 Å². The van der Waals surface area contributed by atoms with E-state index in [-0.39, 0.29) is 11.5 Å². The average Bonchev–Trinajstić information content (AvgIpc) is 2.96. The first-order chi connectivity index (χ1) is 10.6. The molecule has 6 heteroatoms. The van der Waals surface area contributed by atoms with Gasteiger partial charge in [-0.2, -0.15) is 5.10 Å². The third-order valence-electron chi connectivity index (χ3n) is 4.56. The van der Waals surface area contributed by atoms with Crippen LogP contribution < -0.4 is 5.32 Å². The molecule has 118 valence electrons. The molecule has 2 unspecified atom stereocenters. The maximum Gasteiger partial charge on any atom is 0.175 e. The van der Waals surface area contributed by atoms with E-state index in [1.807, 2.05) is 31.3 Å². The van der Waals surface area contributed by atoms with Gasteiger partial charge in [0.15, 0.2) is 5.82 Å². The third kappa shape index (κ3) is 3.11. The molecule has 0 aromatic carbocycles. The zero-order chi connectivity index (χ0) is 15.6. The molecular formula is C16H23N5O. The van der Waals surface area contributed by atoms with Gasteiger partial charge in [0, 0.05) is 18.2 Å². The van der Waals surface area contributed by atoms with Crippen molar-refractivity contribution >= 4 is 5.82 Å². The molecule has 3 rings (SSSR count). The quantitative estimate of drug-likeness (QED) is 0.906. The first-order valence-corrected chi connectivity index (χ1v) is 7.85. The van der Waals surface area contributed by atoms with Crippen LogP contribution in [0, 0.1) is 12.3 Å². The Balaban J connectivity index is 1.64. The number of aliphatic hydroxyl groups is 1. The van der Waals surface area contributed by atoms with E-state index in [1.165, 1.54) is 6.42 Å². The fraction of sp³-hybridized carbons (Fsp3) is 0.562. The lowest BCUT2D eigenvalue weighted by Gasteiger charge is -2.38. The number of anilines is 1. The fourth-order valence-electron chi connectivity index (χ4n) is 2.96. The number of aromatic nitrogens is 4. The Morgan fingerprint density at radius 2 is 2.18 bits per heavy atom. The van der Waals surface area contributed by atoms with Crippen LogP contribution in [-0.4, -0.2) is 37.7 Å². The summed E-state index contributed by atoms with van der Waals surface area (Å²) in [6.07, 6.45) is 5.85. The minimum absolute atomic E-state index is 0.0856.